The van der Waals surface area contributed by atoms with Gasteiger partial charge in [0.25, 0.3) is 5.95 Å². The monoisotopic (exact) mass is 431 g/mol. The van der Waals surface area contributed by atoms with E-state index >= 15 is 0 Å². The zero-order valence-electron chi connectivity index (χ0n) is 16.3. The van der Waals surface area contributed by atoms with Crippen LogP contribution in [-0.2, 0) is 6.18 Å². The van der Waals surface area contributed by atoms with Crippen LogP contribution in [0.4, 0.5) is 24.8 Å². The van der Waals surface area contributed by atoms with Gasteiger partial charge in [0, 0.05) is 5.56 Å². The van der Waals surface area contributed by atoms with E-state index in [1.807, 2.05) is 6.07 Å². The highest BCUT2D eigenvalue weighted by Crippen LogP contribution is 2.30. The van der Waals surface area contributed by atoms with Gasteiger partial charge in [-0.2, -0.15) is 28.2 Å². The fraction of sp³-hybridized carbons (Fsp3) is 0.158. The summed E-state index contributed by atoms with van der Waals surface area (Å²) in [5.41, 5.74) is 2.56. The Hall–Kier alpha value is -4.09. The highest BCUT2D eigenvalue weighted by Gasteiger charge is 2.30. The molecular weight excluding hydrogens is 415 g/mol. The molecule has 0 atom stereocenters. The zero-order chi connectivity index (χ0) is 22.3. The van der Waals surface area contributed by atoms with E-state index in [0.717, 1.165) is 12.1 Å². The molecule has 12 heteroatoms. The van der Waals surface area contributed by atoms with Crippen LogP contribution in [0, 0.1) is 0 Å². The molecule has 0 aliphatic rings. The Bertz CT molecular complexity index is 1070. The number of amidine groups is 1. The molecule has 160 valence electrons. The number of para-hydroxylation sites is 1. The van der Waals surface area contributed by atoms with Gasteiger partial charge in [0.05, 0.1) is 25.5 Å². The van der Waals surface area contributed by atoms with Crippen molar-refractivity contribution in [2.24, 2.45) is 15.3 Å². The van der Waals surface area contributed by atoms with Crippen molar-refractivity contribution >= 4 is 17.5 Å². The molecule has 9 nitrogen and oxygen atoms in total. The molecule has 0 bridgehead atoms. The Labute approximate surface area is 174 Å². The Morgan fingerprint density at radius 1 is 0.903 bits per heavy atom. The molecule has 2 aromatic carbocycles. The molecule has 3 aromatic rings. The molecule has 0 aliphatic heterocycles. The molecule has 0 aliphatic carbocycles. The molecule has 0 spiro atoms. The maximum atomic E-state index is 13.1. The molecule has 1 heterocycles. The van der Waals surface area contributed by atoms with E-state index in [-0.39, 0.29) is 29.4 Å². The van der Waals surface area contributed by atoms with Gasteiger partial charge in [-0.15, -0.1) is 15.2 Å². The Morgan fingerprint density at radius 3 is 2.19 bits per heavy atom. The van der Waals surface area contributed by atoms with Gasteiger partial charge in [-0.05, 0) is 24.3 Å². The number of methoxy groups -OCH3 is 2. The topological polar surface area (TPSA) is 106 Å². The highest BCUT2D eigenvalue weighted by atomic mass is 19.4. The van der Waals surface area contributed by atoms with Crippen LogP contribution in [0.1, 0.15) is 11.1 Å². The van der Waals surface area contributed by atoms with Crippen molar-refractivity contribution in [1.29, 1.82) is 0 Å². The van der Waals surface area contributed by atoms with Crippen molar-refractivity contribution in [2.45, 2.75) is 6.18 Å². The van der Waals surface area contributed by atoms with Crippen LogP contribution in [0.3, 0.4) is 0 Å². The van der Waals surface area contributed by atoms with Crippen LogP contribution >= 0.6 is 0 Å². The first-order valence-corrected chi connectivity index (χ1v) is 8.71. The second kappa shape index (κ2) is 9.61. The van der Waals surface area contributed by atoms with Gasteiger partial charge < -0.3 is 9.47 Å². The quantitative estimate of drug-likeness (QED) is 0.267. The SMILES string of the molecule is COc1nc(N=N/C(=N\Nc2ccccc2)c2cccc(C(F)(F)F)c2)nc(OC)n1. The second-order valence-corrected chi connectivity index (χ2v) is 5.80. The Balaban J connectivity index is 1.99. The molecular formula is C19H16F3N7O2. The zero-order valence-corrected chi connectivity index (χ0v) is 16.3. The standard InChI is InChI=1S/C19H16F3N7O2/c1-30-17-23-16(24-18(25-17)31-2)29-28-15(27-26-14-9-4-3-5-10-14)12-7-6-8-13(11-12)19(20,21)22/h3-11,26H,1-2H3/b27-15-,29-28?. The van der Waals surface area contributed by atoms with Gasteiger partial charge in [0.1, 0.15) is 0 Å². The number of hydrazone groups is 1. The third-order valence-electron chi connectivity index (χ3n) is 3.69. The van der Waals surface area contributed by atoms with Crippen molar-refractivity contribution in [3.05, 3.63) is 65.7 Å². The fourth-order valence-electron chi connectivity index (χ4n) is 2.26. The number of alkyl halides is 3. The first-order valence-electron chi connectivity index (χ1n) is 8.71. The van der Waals surface area contributed by atoms with E-state index < -0.39 is 11.7 Å². The summed E-state index contributed by atoms with van der Waals surface area (Å²) in [5, 5.41) is 11.9. The second-order valence-electron chi connectivity index (χ2n) is 5.80. The maximum absolute atomic E-state index is 13.1. The van der Waals surface area contributed by atoms with Gasteiger partial charge in [-0.1, -0.05) is 30.3 Å². The summed E-state index contributed by atoms with van der Waals surface area (Å²) in [4.78, 5) is 11.6. The van der Waals surface area contributed by atoms with E-state index in [1.165, 1.54) is 26.4 Å². The number of ether oxygens (including phenoxy) is 2. The van der Waals surface area contributed by atoms with Crippen LogP contribution in [-0.4, -0.2) is 35.0 Å². The molecule has 0 radical (unpaired) electrons. The Morgan fingerprint density at radius 2 is 1.58 bits per heavy atom. The molecule has 3 rings (SSSR count). The number of benzene rings is 2. The minimum Gasteiger partial charge on any atom is -0.467 e. The summed E-state index contributed by atoms with van der Waals surface area (Å²) in [6.07, 6.45) is -4.53. The van der Waals surface area contributed by atoms with Crippen LogP contribution < -0.4 is 14.9 Å². The van der Waals surface area contributed by atoms with E-state index in [4.69, 9.17) is 9.47 Å². The van der Waals surface area contributed by atoms with Gasteiger partial charge in [-0.3, -0.25) is 5.43 Å². The molecule has 1 aromatic heterocycles. The van der Waals surface area contributed by atoms with Gasteiger partial charge in [0.2, 0.25) is 5.84 Å². The van der Waals surface area contributed by atoms with Crippen LogP contribution in [0.25, 0.3) is 0 Å². The predicted molar refractivity (Wildman–Crippen MR) is 105 cm³/mol. The summed E-state index contributed by atoms with van der Waals surface area (Å²) in [7, 11) is 2.68. The number of rotatable bonds is 6. The van der Waals surface area contributed by atoms with Crippen molar-refractivity contribution in [3.8, 4) is 12.0 Å². The predicted octanol–water partition coefficient (Wildman–Crippen LogP) is 4.47. The first kappa shape index (κ1) is 21.6. The molecule has 0 fully saturated rings. The summed E-state index contributed by atoms with van der Waals surface area (Å²) in [6.45, 7) is 0. The number of nitrogens with one attached hydrogen (secondary N) is 1. The first-order chi connectivity index (χ1) is 14.9. The number of nitrogens with zero attached hydrogens (tertiary/aromatic N) is 6. The van der Waals surface area contributed by atoms with Crippen molar-refractivity contribution in [1.82, 2.24) is 15.0 Å². The molecule has 0 unspecified atom stereocenters. The van der Waals surface area contributed by atoms with Crippen molar-refractivity contribution in [2.75, 3.05) is 19.6 Å². The fourth-order valence-corrected chi connectivity index (χ4v) is 2.26. The number of aromatic nitrogens is 3. The van der Waals surface area contributed by atoms with Crippen molar-refractivity contribution < 1.29 is 22.6 Å². The van der Waals surface area contributed by atoms with Crippen molar-refractivity contribution in [3.63, 3.8) is 0 Å². The van der Waals surface area contributed by atoms with E-state index in [2.05, 4.69) is 35.7 Å². The maximum Gasteiger partial charge on any atom is 0.416 e. The Kier molecular flexibility index (Phi) is 6.70. The molecule has 1 N–H and O–H groups in total. The number of hydrogen-bond donors (Lipinski definition) is 1. The number of anilines is 1. The van der Waals surface area contributed by atoms with Gasteiger partial charge in [0.15, 0.2) is 0 Å². The van der Waals surface area contributed by atoms with Crippen LogP contribution in [0.15, 0.2) is 69.9 Å². The third-order valence-corrected chi connectivity index (χ3v) is 3.69. The minimum absolute atomic E-state index is 0.0687. The minimum atomic E-state index is -4.53. The van der Waals surface area contributed by atoms with Gasteiger partial charge >= 0.3 is 18.2 Å². The lowest BCUT2D eigenvalue weighted by Crippen LogP contribution is -2.08. The smallest absolute Gasteiger partial charge is 0.416 e. The molecule has 0 amide bonds. The summed E-state index contributed by atoms with van der Waals surface area (Å²) < 4.78 is 49.3. The number of hydrogen-bond acceptors (Lipinski definition) is 8. The highest BCUT2D eigenvalue weighted by molar-refractivity contribution is 5.99. The third kappa shape index (κ3) is 5.95. The lowest BCUT2D eigenvalue weighted by Gasteiger charge is -2.08. The lowest BCUT2D eigenvalue weighted by atomic mass is 10.1. The van der Waals surface area contributed by atoms with E-state index in [0.29, 0.717) is 5.69 Å². The average molecular weight is 431 g/mol. The summed E-state index contributed by atoms with van der Waals surface area (Å²) in [6, 6.07) is 13.2. The number of halogens is 3. The normalized spacial score (nSPS) is 12.1. The van der Waals surface area contributed by atoms with Crippen LogP contribution in [0.2, 0.25) is 0 Å². The average Bonchev–Trinajstić information content (AvgIpc) is 2.79. The molecule has 0 saturated carbocycles. The summed E-state index contributed by atoms with van der Waals surface area (Å²) >= 11 is 0. The van der Waals surface area contributed by atoms with E-state index in [9.17, 15) is 13.2 Å². The summed E-state index contributed by atoms with van der Waals surface area (Å²) in [5.74, 6) is -0.309. The lowest BCUT2D eigenvalue weighted by molar-refractivity contribution is -0.137. The van der Waals surface area contributed by atoms with Gasteiger partial charge in [-0.25, -0.2) is 0 Å². The molecule has 31 heavy (non-hydrogen) atoms. The number of azo groups is 1. The molecule has 0 saturated heterocycles. The van der Waals surface area contributed by atoms with Crippen LogP contribution in [0.5, 0.6) is 12.0 Å². The largest absolute Gasteiger partial charge is 0.467 e. The van der Waals surface area contributed by atoms with E-state index in [1.54, 1.807) is 24.3 Å².